The number of hydrogen-bond acceptors (Lipinski definition) is 5. The van der Waals surface area contributed by atoms with Crippen molar-refractivity contribution in [3.63, 3.8) is 0 Å². The lowest BCUT2D eigenvalue weighted by Crippen LogP contribution is -2.34. The fraction of sp³-hybridized carbons (Fsp3) is 0.250. The summed E-state index contributed by atoms with van der Waals surface area (Å²) in [5.74, 6) is -0.475. The van der Waals surface area contributed by atoms with Crippen molar-refractivity contribution >= 4 is 34.8 Å². The quantitative estimate of drug-likeness (QED) is 0.736. The van der Waals surface area contributed by atoms with Crippen LogP contribution >= 0.6 is 11.6 Å². The van der Waals surface area contributed by atoms with Crippen LogP contribution in [0.15, 0.2) is 36.7 Å². The highest BCUT2D eigenvalue weighted by molar-refractivity contribution is 6.31. The summed E-state index contributed by atoms with van der Waals surface area (Å²) in [6.45, 7) is 0.411. The van der Waals surface area contributed by atoms with Crippen molar-refractivity contribution < 1.29 is 18.0 Å². The van der Waals surface area contributed by atoms with E-state index in [1.54, 1.807) is 24.3 Å². The summed E-state index contributed by atoms with van der Waals surface area (Å²) < 4.78 is 40.4. The Morgan fingerprint density at radius 1 is 1.26 bits per heavy atom. The minimum absolute atomic E-state index is 0.00359. The Hall–Kier alpha value is -2.88. The summed E-state index contributed by atoms with van der Waals surface area (Å²) in [6.07, 6.45) is -3.13. The molecule has 1 fully saturated rings. The Balaban J connectivity index is 1.63. The van der Waals surface area contributed by atoms with E-state index >= 15 is 0 Å². The fourth-order valence-electron chi connectivity index (χ4n) is 2.95. The highest BCUT2D eigenvalue weighted by atomic mass is 35.5. The van der Waals surface area contributed by atoms with Crippen LogP contribution in [-0.4, -0.2) is 38.1 Å². The maximum absolute atomic E-state index is 13.1. The molecule has 0 radical (unpaired) electrons. The van der Waals surface area contributed by atoms with Crippen molar-refractivity contribution in [3.8, 4) is 0 Å². The number of carbonyl (C=O) groups excluding carboxylic acids is 1. The van der Waals surface area contributed by atoms with Gasteiger partial charge < -0.3 is 10.2 Å². The largest absolute Gasteiger partial charge is 0.433 e. The summed E-state index contributed by atoms with van der Waals surface area (Å²) in [6, 6.07) is 6.93. The molecule has 1 aliphatic rings. The normalized spacial score (nSPS) is 17.7. The summed E-state index contributed by atoms with van der Waals surface area (Å²) in [7, 11) is 0. The van der Waals surface area contributed by atoms with Crippen molar-refractivity contribution in [3.05, 3.63) is 47.4 Å². The fourth-order valence-corrected chi connectivity index (χ4v) is 3.14. The molecule has 3 aromatic rings. The first-order valence-electron chi connectivity index (χ1n) is 7.94. The molecule has 1 unspecified atom stereocenters. The third kappa shape index (κ3) is 3.27. The predicted octanol–water partition coefficient (Wildman–Crippen LogP) is 3.01. The number of carbonyl (C=O) groups is 1. The summed E-state index contributed by atoms with van der Waals surface area (Å²) in [5.41, 5.74) is -0.476. The molecule has 1 N–H and O–H groups in total. The summed E-state index contributed by atoms with van der Waals surface area (Å²) >= 11 is 5.96. The average Bonchev–Trinajstić information content (AvgIpc) is 3.21. The molecule has 0 saturated carbocycles. The predicted molar refractivity (Wildman–Crippen MR) is 91.6 cm³/mol. The van der Waals surface area contributed by atoms with Gasteiger partial charge >= 0.3 is 6.18 Å². The monoisotopic (exact) mass is 396 g/mol. The van der Waals surface area contributed by atoms with E-state index in [1.807, 2.05) is 0 Å². The molecule has 1 saturated heterocycles. The zero-order valence-corrected chi connectivity index (χ0v) is 14.4. The van der Waals surface area contributed by atoms with E-state index in [1.165, 1.54) is 4.90 Å². The SMILES string of the molecule is O=C1C(Nc2cc(C(F)(F)F)nc3ncnn23)CCN1c1cccc(Cl)c1. The Kier molecular flexibility index (Phi) is 4.14. The van der Waals surface area contributed by atoms with E-state index in [0.29, 0.717) is 23.7 Å². The molecule has 140 valence electrons. The van der Waals surface area contributed by atoms with E-state index in [0.717, 1.165) is 16.9 Å². The minimum atomic E-state index is -4.64. The average molecular weight is 397 g/mol. The molecule has 11 heteroatoms. The van der Waals surface area contributed by atoms with Crippen LogP contribution in [-0.2, 0) is 11.0 Å². The van der Waals surface area contributed by atoms with Gasteiger partial charge in [0.1, 0.15) is 18.2 Å². The molecular weight excluding hydrogens is 385 g/mol. The van der Waals surface area contributed by atoms with Crippen LogP contribution in [0.2, 0.25) is 5.02 Å². The lowest BCUT2D eigenvalue weighted by Gasteiger charge is -2.18. The number of amides is 1. The second-order valence-electron chi connectivity index (χ2n) is 5.95. The third-order valence-electron chi connectivity index (χ3n) is 4.19. The molecule has 1 amide bonds. The molecule has 0 aliphatic carbocycles. The van der Waals surface area contributed by atoms with Gasteiger partial charge in [0.05, 0.1) is 0 Å². The molecule has 4 rings (SSSR count). The highest BCUT2D eigenvalue weighted by Crippen LogP contribution is 2.31. The lowest BCUT2D eigenvalue weighted by molar-refractivity contribution is -0.141. The Labute approximate surface area is 155 Å². The van der Waals surface area contributed by atoms with Crippen LogP contribution in [0.25, 0.3) is 5.78 Å². The number of benzene rings is 1. The van der Waals surface area contributed by atoms with E-state index in [9.17, 15) is 18.0 Å². The van der Waals surface area contributed by atoms with Gasteiger partial charge in [0, 0.05) is 23.3 Å². The van der Waals surface area contributed by atoms with Crippen LogP contribution in [0.5, 0.6) is 0 Å². The van der Waals surface area contributed by atoms with Crippen LogP contribution in [0.4, 0.5) is 24.7 Å². The van der Waals surface area contributed by atoms with Gasteiger partial charge in [-0.15, -0.1) is 0 Å². The van der Waals surface area contributed by atoms with Crippen molar-refractivity contribution in [2.45, 2.75) is 18.6 Å². The lowest BCUT2D eigenvalue weighted by atomic mass is 10.2. The zero-order chi connectivity index (χ0) is 19.2. The Bertz CT molecular complexity index is 1020. The first-order chi connectivity index (χ1) is 12.8. The smallest absolute Gasteiger partial charge is 0.358 e. The molecule has 0 bridgehead atoms. The molecule has 7 nitrogen and oxygen atoms in total. The maximum atomic E-state index is 13.1. The first kappa shape index (κ1) is 17.5. The van der Waals surface area contributed by atoms with Crippen LogP contribution in [0, 0.1) is 0 Å². The molecule has 1 aliphatic heterocycles. The van der Waals surface area contributed by atoms with Gasteiger partial charge in [-0.1, -0.05) is 17.7 Å². The molecule has 0 spiro atoms. The molecule has 1 atom stereocenters. The number of rotatable bonds is 3. The van der Waals surface area contributed by atoms with Crippen molar-refractivity contribution in [1.29, 1.82) is 0 Å². The summed E-state index contributed by atoms with van der Waals surface area (Å²) in [5, 5.41) is 7.20. The second-order valence-corrected chi connectivity index (χ2v) is 6.39. The van der Waals surface area contributed by atoms with Crippen molar-refractivity contribution in [1.82, 2.24) is 19.6 Å². The number of nitrogens with one attached hydrogen (secondary N) is 1. The van der Waals surface area contributed by atoms with Gasteiger partial charge in [-0.05, 0) is 24.6 Å². The zero-order valence-electron chi connectivity index (χ0n) is 13.6. The van der Waals surface area contributed by atoms with Gasteiger partial charge in [-0.3, -0.25) is 4.79 Å². The highest BCUT2D eigenvalue weighted by Gasteiger charge is 2.36. The number of nitrogens with zero attached hydrogens (tertiary/aromatic N) is 5. The van der Waals surface area contributed by atoms with Crippen LogP contribution in [0.3, 0.4) is 0 Å². The Morgan fingerprint density at radius 3 is 2.81 bits per heavy atom. The molecule has 2 aromatic heterocycles. The topological polar surface area (TPSA) is 75.4 Å². The van der Waals surface area contributed by atoms with Crippen LogP contribution in [0.1, 0.15) is 12.1 Å². The Morgan fingerprint density at radius 2 is 2.07 bits per heavy atom. The molecular formula is C16H12ClF3N6O. The van der Waals surface area contributed by atoms with Gasteiger partial charge in [0.2, 0.25) is 5.91 Å². The number of aromatic nitrogens is 4. The maximum Gasteiger partial charge on any atom is 0.433 e. The van der Waals surface area contributed by atoms with Crippen LogP contribution < -0.4 is 10.2 Å². The minimum Gasteiger partial charge on any atom is -0.358 e. The van der Waals surface area contributed by atoms with E-state index < -0.39 is 17.9 Å². The van der Waals surface area contributed by atoms with Crippen molar-refractivity contribution in [2.75, 3.05) is 16.8 Å². The first-order valence-corrected chi connectivity index (χ1v) is 8.32. The van der Waals surface area contributed by atoms with Gasteiger partial charge in [-0.25, -0.2) is 4.98 Å². The number of alkyl halides is 3. The van der Waals surface area contributed by atoms with Gasteiger partial charge in [0.25, 0.3) is 5.78 Å². The third-order valence-corrected chi connectivity index (χ3v) is 4.42. The molecule has 3 heterocycles. The van der Waals surface area contributed by atoms with E-state index in [2.05, 4.69) is 20.4 Å². The standard InChI is InChI=1S/C16H12ClF3N6O/c17-9-2-1-3-10(6-9)25-5-4-11(14(25)27)23-13-7-12(16(18,19)20)24-15-21-8-22-26(13)15/h1-3,6-8,11,23H,4-5H2. The number of anilines is 2. The van der Waals surface area contributed by atoms with E-state index in [4.69, 9.17) is 11.6 Å². The molecule has 1 aromatic carbocycles. The van der Waals surface area contributed by atoms with E-state index in [-0.39, 0.29) is 17.5 Å². The molecule has 27 heavy (non-hydrogen) atoms. The van der Waals surface area contributed by atoms with Gasteiger partial charge in [-0.2, -0.15) is 27.8 Å². The number of halogens is 4. The summed E-state index contributed by atoms with van der Waals surface area (Å²) in [4.78, 5) is 21.4. The van der Waals surface area contributed by atoms with Gasteiger partial charge in [0.15, 0.2) is 5.69 Å². The second kappa shape index (κ2) is 6.38. The number of fused-ring (bicyclic) bond motifs is 1. The van der Waals surface area contributed by atoms with Crippen molar-refractivity contribution in [2.24, 2.45) is 0 Å². The number of hydrogen-bond donors (Lipinski definition) is 1.